The van der Waals surface area contributed by atoms with Gasteiger partial charge in [-0.25, -0.2) is 9.59 Å². The van der Waals surface area contributed by atoms with Crippen LogP contribution in [0.25, 0.3) is 10.9 Å². The van der Waals surface area contributed by atoms with Gasteiger partial charge in [0.25, 0.3) is 0 Å². The molecule has 1 saturated heterocycles. The topological polar surface area (TPSA) is 112 Å². The highest BCUT2D eigenvalue weighted by atomic mass is 19.4. The van der Waals surface area contributed by atoms with Gasteiger partial charge in [-0.15, -0.1) is 0 Å². The fourth-order valence-corrected chi connectivity index (χ4v) is 5.67. The van der Waals surface area contributed by atoms with Crippen molar-refractivity contribution in [1.29, 1.82) is 0 Å². The lowest BCUT2D eigenvalue weighted by Crippen LogP contribution is -2.32. The summed E-state index contributed by atoms with van der Waals surface area (Å²) in [6.07, 6.45) is -6.87. The molecule has 1 fully saturated rings. The molecule has 14 heteroatoms. The van der Waals surface area contributed by atoms with E-state index in [0.717, 1.165) is 68.2 Å². The maximum absolute atomic E-state index is 10.6. The summed E-state index contributed by atoms with van der Waals surface area (Å²) in [6.45, 7) is 6.33. The number of pyridine rings is 1. The monoisotopic (exact) mass is 677 g/mol. The van der Waals surface area contributed by atoms with Crippen LogP contribution in [0.5, 0.6) is 11.5 Å². The highest BCUT2D eigenvalue weighted by Gasteiger charge is 2.39. The van der Waals surface area contributed by atoms with Crippen LogP contribution < -0.4 is 10.1 Å². The van der Waals surface area contributed by atoms with Gasteiger partial charge < -0.3 is 20.3 Å². The molecule has 3 N–H and O–H groups in total. The van der Waals surface area contributed by atoms with E-state index in [0.29, 0.717) is 5.92 Å². The molecule has 0 bridgehead atoms. The molecule has 4 aromatic rings. The summed E-state index contributed by atoms with van der Waals surface area (Å²) >= 11 is 0. The molecule has 0 unspecified atom stereocenters. The predicted molar refractivity (Wildman–Crippen MR) is 166 cm³/mol. The number of piperidine rings is 1. The Balaban J connectivity index is 0.000000314. The van der Waals surface area contributed by atoms with Crippen molar-refractivity contribution < 1.29 is 50.9 Å². The van der Waals surface area contributed by atoms with Crippen LogP contribution in [0.4, 0.5) is 32.0 Å². The first kappa shape index (κ1) is 36.0. The zero-order valence-electron chi connectivity index (χ0n) is 25.7. The van der Waals surface area contributed by atoms with Gasteiger partial charge in [0.2, 0.25) is 0 Å². The number of hydrogen-bond donors (Lipinski definition) is 3. The minimum atomic E-state index is -5.08. The highest BCUT2D eigenvalue weighted by molar-refractivity contribution is 5.99. The quantitative estimate of drug-likeness (QED) is 0.183. The van der Waals surface area contributed by atoms with Crippen molar-refractivity contribution in [3.05, 3.63) is 95.2 Å². The molecule has 0 aliphatic carbocycles. The summed E-state index contributed by atoms with van der Waals surface area (Å²) < 4.78 is 70.0. The average Bonchev–Trinajstić information content (AvgIpc) is 3.54. The number of carboxylic acid groups (broad SMARTS) is 2. The molecule has 3 heterocycles. The number of hydrogen-bond acceptors (Lipinski definition) is 6. The number of aliphatic carboxylic acids is 2. The molecular formula is C34H33F6N3O5. The number of aryl methyl sites for hydroxylation is 1. The van der Waals surface area contributed by atoms with E-state index in [1.165, 1.54) is 27.8 Å². The molecule has 0 saturated carbocycles. The molecule has 0 amide bonds. The zero-order valence-corrected chi connectivity index (χ0v) is 25.7. The van der Waals surface area contributed by atoms with E-state index in [1.54, 1.807) is 0 Å². The standard InChI is InChI=1S/C30H31N3O.2C2HF3O2/c1-21-25-14-17-31-30(25)29-26(32-21)12-13-27(34-24-10-6-3-7-11-24)28(29)23-15-18-33(19-16-23)20-22-8-4-2-5-9-22;2*3-2(4,5)1(6)7/h2-13,23,31H,14-20H2,1H3;2*(H,6,7). The Morgan fingerprint density at radius 2 is 1.42 bits per heavy atom. The lowest BCUT2D eigenvalue weighted by Gasteiger charge is -2.33. The van der Waals surface area contributed by atoms with Gasteiger partial charge in [-0.05, 0) is 80.6 Å². The number of benzene rings is 3. The van der Waals surface area contributed by atoms with E-state index < -0.39 is 24.3 Å². The minimum Gasteiger partial charge on any atom is -0.475 e. The second-order valence-corrected chi connectivity index (χ2v) is 11.2. The van der Waals surface area contributed by atoms with Gasteiger partial charge >= 0.3 is 24.3 Å². The first-order valence-electron chi connectivity index (χ1n) is 14.9. The number of nitrogens with zero attached hydrogens (tertiary/aromatic N) is 2. The molecule has 0 atom stereocenters. The molecule has 48 heavy (non-hydrogen) atoms. The van der Waals surface area contributed by atoms with Crippen LogP contribution in [-0.2, 0) is 22.6 Å². The van der Waals surface area contributed by atoms with Crippen LogP contribution in [-0.4, -0.2) is 64.0 Å². The van der Waals surface area contributed by atoms with E-state index in [-0.39, 0.29) is 0 Å². The highest BCUT2D eigenvalue weighted by Crippen LogP contribution is 2.45. The third kappa shape index (κ3) is 9.37. The SMILES string of the molecule is Cc1nc2ccc(Oc3ccccc3)c(C3CCN(Cc4ccccc4)CC3)c2c2c1CCN2.O=C(O)C(F)(F)F.O=C(O)C(F)(F)F. The molecule has 3 aromatic carbocycles. The van der Waals surface area contributed by atoms with E-state index in [9.17, 15) is 26.3 Å². The molecule has 8 nitrogen and oxygen atoms in total. The zero-order chi connectivity index (χ0) is 35.1. The molecule has 6 rings (SSSR count). The summed E-state index contributed by atoms with van der Waals surface area (Å²) in [7, 11) is 0. The van der Waals surface area contributed by atoms with Gasteiger partial charge in [0.15, 0.2) is 0 Å². The van der Waals surface area contributed by atoms with Crippen LogP contribution >= 0.6 is 0 Å². The normalized spacial score (nSPS) is 14.9. The fourth-order valence-electron chi connectivity index (χ4n) is 5.67. The Hall–Kier alpha value is -4.85. The molecular weight excluding hydrogens is 644 g/mol. The van der Waals surface area contributed by atoms with Crippen LogP contribution in [0.3, 0.4) is 0 Å². The lowest BCUT2D eigenvalue weighted by atomic mass is 9.85. The summed E-state index contributed by atoms with van der Waals surface area (Å²) in [5, 5.41) is 19.2. The number of anilines is 1. The molecule has 256 valence electrons. The molecule has 1 aromatic heterocycles. The number of carbonyl (C=O) groups is 2. The number of rotatable bonds is 5. The number of halogens is 6. The van der Waals surface area contributed by atoms with Crippen molar-refractivity contribution in [2.24, 2.45) is 0 Å². The predicted octanol–water partition coefficient (Wildman–Crippen LogP) is 7.95. The van der Waals surface area contributed by atoms with Crippen molar-refractivity contribution >= 4 is 28.5 Å². The van der Waals surface area contributed by atoms with Crippen LogP contribution in [0.15, 0.2) is 72.8 Å². The van der Waals surface area contributed by atoms with Crippen molar-refractivity contribution in [2.45, 2.75) is 51.0 Å². The number of fused-ring (bicyclic) bond motifs is 3. The first-order chi connectivity index (χ1) is 22.6. The third-order valence-electron chi connectivity index (χ3n) is 7.84. The number of aromatic nitrogens is 1. The Kier molecular flexibility index (Phi) is 11.5. The first-order valence-corrected chi connectivity index (χ1v) is 14.9. The maximum Gasteiger partial charge on any atom is 0.490 e. The molecule has 2 aliphatic heterocycles. The number of ether oxygens (including phenoxy) is 1. The largest absolute Gasteiger partial charge is 0.490 e. The third-order valence-corrected chi connectivity index (χ3v) is 7.84. The maximum atomic E-state index is 10.6. The second kappa shape index (κ2) is 15.4. The molecule has 0 radical (unpaired) electrons. The Bertz CT molecular complexity index is 1680. The molecule has 0 spiro atoms. The van der Waals surface area contributed by atoms with Crippen molar-refractivity contribution in [2.75, 3.05) is 25.0 Å². The minimum absolute atomic E-state index is 0.449. The Morgan fingerprint density at radius 1 is 0.875 bits per heavy atom. The number of nitrogens with one attached hydrogen (secondary N) is 1. The second-order valence-electron chi connectivity index (χ2n) is 11.2. The average molecular weight is 678 g/mol. The van der Waals surface area contributed by atoms with Crippen LogP contribution in [0.2, 0.25) is 0 Å². The van der Waals surface area contributed by atoms with E-state index in [2.05, 4.69) is 59.6 Å². The van der Waals surface area contributed by atoms with Crippen molar-refractivity contribution in [1.82, 2.24) is 9.88 Å². The van der Waals surface area contributed by atoms with Crippen LogP contribution in [0, 0.1) is 6.92 Å². The van der Waals surface area contributed by atoms with Gasteiger partial charge in [-0.2, -0.15) is 26.3 Å². The molecule has 2 aliphatic rings. The summed E-state index contributed by atoms with van der Waals surface area (Å²) in [5.41, 5.74) is 7.59. The number of carboxylic acids is 2. The Labute approximate surface area is 272 Å². The van der Waals surface area contributed by atoms with Gasteiger partial charge in [0.1, 0.15) is 11.5 Å². The number of para-hydroxylation sites is 1. The van der Waals surface area contributed by atoms with Crippen molar-refractivity contribution in [3.63, 3.8) is 0 Å². The number of alkyl halides is 6. The number of likely N-dealkylation sites (tertiary alicyclic amines) is 1. The van der Waals surface area contributed by atoms with E-state index >= 15 is 0 Å². The smallest absolute Gasteiger partial charge is 0.475 e. The van der Waals surface area contributed by atoms with Gasteiger partial charge in [0, 0.05) is 35.4 Å². The Morgan fingerprint density at radius 3 is 1.96 bits per heavy atom. The fraction of sp³-hybridized carbons (Fsp3) is 0.324. The summed E-state index contributed by atoms with van der Waals surface area (Å²) in [4.78, 5) is 25.4. The summed E-state index contributed by atoms with van der Waals surface area (Å²) in [6, 6.07) is 25.2. The lowest BCUT2D eigenvalue weighted by molar-refractivity contribution is -0.193. The van der Waals surface area contributed by atoms with Crippen molar-refractivity contribution in [3.8, 4) is 11.5 Å². The van der Waals surface area contributed by atoms with Gasteiger partial charge in [0.05, 0.1) is 5.52 Å². The van der Waals surface area contributed by atoms with Gasteiger partial charge in [-0.3, -0.25) is 9.88 Å². The van der Waals surface area contributed by atoms with Gasteiger partial charge in [-0.1, -0.05) is 48.5 Å². The van der Waals surface area contributed by atoms with E-state index in [4.69, 9.17) is 29.5 Å². The summed E-state index contributed by atoms with van der Waals surface area (Å²) in [5.74, 6) is -3.21. The van der Waals surface area contributed by atoms with Crippen LogP contribution in [0.1, 0.15) is 41.1 Å². The van der Waals surface area contributed by atoms with E-state index in [1.807, 2.05) is 30.3 Å².